The van der Waals surface area contributed by atoms with Crippen LogP contribution in [0.15, 0.2) is 75.7 Å². The summed E-state index contributed by atoms with van der Waals surface area (Å²) in [5.74, 6) is 3.64. The molecule has 0 aliphatic heterocycles. The Kier molecular flexibility index (Phi) is 18.2. The van der Waals surface area contributed by atoms with Gasteiger partial charge in [-0.3, -0.25) is 4.99 Å². The molecule has 262 valence electrons. The molecule has 1 aromatic rings. The molecule has 2 rings (SSSR count). The van der Waals surface area contributed by atoms with Gasteiger partial charge in [0.15, 0.2) is 0 Å². The zero-order chi connectivity index (χ0) is 34.9. The van der Waals surface area contributed by atoms with Crippen LogP contribution in [-0.2, 0) is 0 Å². The van der Waals surface area contributed by atoms with Crippen LogP contribution in [0.4, 0.5) is 0 Å². The van der Waals surface area contributed by atoms with Gasteiger partial charge in [0.25, 0.3) is 0 Å². The number of aryl methyl sites for hydroxylation is 1. The molecule has 3 nitrogen and oxygen atoms in total. The van der Waals surface area contributed by atoms with E-state index in [2.05, 4.69) is 130 Å². The quantitative estimate of drug-likeness (QED) is 0.0803. The maximum atomic E-state index is 6.44. The third-order valence-corrected chi connectivity index (χ3v) is 10.4. The van der Waals surface area contributed by atoms with Gasteiger partial charge in [0.05, 0.1) is 11.5 Å². The number of allylic oxidation sites excluding steroid dienone is 8. The Labute approximate surface area is 291 Å². The maximum absolute atomic E-state index is 6.44. The predicted octanol–water partition coefficient (Wildman–Crippen LogP) is 13.4. The van der Waals surface area contributed by atoms with Crippen LogP contribution in [0.3, 0.4) is 0 Å². The van der Waals surface area contributed by atoms with Crippen LogP contribution < -0.4 is 4.74 Å². The molecule has 0 amide bonds. The van der Waals surface area contributed by atoms with Gasteiger partial charge in [-0.1, -0.05) is 91.5 Å². The topological polar surface area (TPSA) is 24.8 Å². The second kappa shape index (κ2) is 21.2. The third-order valence-electron chi connectivity index (χ3n) is 10.4. The summed E-state index contributed by atoms with van der Waals surface area (Å²) in [4.78, 5) is 8.13. The number of unbranched alkanes of at least 4 members (excludes halogenated alkanes) is 1. The molecule has 0 aromatic heterocycles. The number of hydrogen-bond acceptors (Lipinski definition) is 3. The highest BCUT2D eigenvalue weighted by Gasteiger charge is 2.16. The summed E-state index contributed by atoms with van der Waals surface area (Å²) in [5.41, 5.74) is 9.89. The zero-order valence-corrected chi connectivity index (χ0v) is 32.6. The molecule has 1 fully saturated rings. The highest BCUT2D eigenvalue weighted by atomic mass is 16.5. The fourth-order valence-corrected chi connectivity index (χ4v) is 5.75. The van der Waals surface area contributed by atoms with E-state index in [0.29, 0.717) is 11.8 Å². The lowest BCUT2D eigenvalue weighted by molar-refractivity contribution is 0.271. The molecule has 0 N–H and O–H groups in total. The minimum absolute atomic E-state index is 0.333. The smallest absolute Gasteiger partial charge is 0.130 e. The van der Waals surface area contributed by atoms with Crippen LogP contribution in [0.25, 0.3) is 5.70 Å². The minimum Gasteiger partial charge on any atom is -0.462 e. The average Bonchev–Trinajstić information content (AvgIpc) is 3.04. The van der Waals surface area contributed by atoms with E-state index in [4.69, 9.17) is 9.73 Å². The predicted molar refractivity (Wildman–Crippen MR) is 209 cm³/mol. The first kappa shape index (κ1) is 40.4. The molecule has 0 saturated heterocycles. The molecule has 0 heterocycles. The molecular formula is C44H70N2O. The van der Waals surface area contributed by atoms with Crippen molar-refractivity contribution >= 4 is 11.4 Å². The number of nitrogens with zero attached hydrogens (tertiary/aromatic N) is 2. The highest BCUT2D eigenvalue weighted by Crippen LogP contribution is 2.33. The molecule has 47 heavy (non-hydrogen) atoms. The Morgan fingerprint density at radius 3 is 2.26 bits per heavy atom. The van der Waals surface area contributed by atoms with Crippen molar-refractivity contribution in [2.45, 2.75) is 147 Å². The molecule has 1 aliphatic rings. The lowest BCUT2D eigenvalue weighted by Crippen LogP contribution is -2.29. The third kappa shape index (κ3) is 13.3. The Bertz CT molecular complexity index is 1300. The number of benzene rings is 1. The van der Waals surface area contributed by atoms with Crippen molar-refractivity contribution in [3.8, 4) is 5.75 Å². The minimum atomic E-state index is 0.333. The van der Waals surface area contributed by atoms with Gasteiger partial charge in [-0.2, -0.15) is 0 Å². The number of aliphatic imine (C=N–C) groups is 1. The molecule has 0 radical (unpaired) electrons. The molecule has 0 bridgehead atoms. The SMILES string of the molecule is C\C=C(/C=C\C(=N/C(=C\C(C)=C1CCC1)c1ccc(C)c(O/C(C)=C(\C)CC)c1)C(C)CC)N(CCC(C)CC)C[C@H](C)CCCC. The summed E-state index contributed by atoms with van der Waals surface area (Å²) >= 11 is 0. The summed E-state index contributed by atoms with van der Waals surface area (Å²) in [7, 11) is 0. The normalized spacial score (nSPS) is 16.9. The standard InChI is InChI=1S/C44H70N2O/c1-13-18-20-33(7)31-46(28-27-32(6)14-2)41(17-5)25-26-42(35(9)16-4)45-43(29-37(11)39-21-19-22-39)40-24-23-36(10)44(30-40)47-38(12)34(8)15-3/h17,23-26,29-30,32-33,35H,13-16,18-22,27-28,31H2,1-12H3/b26-25-,38-34+,41-17+,43-29-,45-42+/t32?,33-,35?/m1/s1. The first-order chi connectivity index (χ1) is 22.5. The van der Waals surface area contributed by atoms with Gasteiger partial charge in [-0.25, -0.2) is 0 Å². The molecule has 3 atom stereocenters. The molecular weight excluding hydrogens is 572 g/mol. The van der Waals surface area contributed by atoms with Crippen LogP contribution in [-0.4, -0.2) is 23.7 Å². The number of hydrogen-bond donors (Lipinski definition) is 0. The first-order valence-corrected chi connectivity index (χ1v) is 19.0. The Morgan fingerprint density at radius 1 is 0.957 bits per heavy atom. The lowest BCUT2D eigenvalue weighted by Gasteiger charge is -2.30. The van der Waals surface area contributed by atoms with Crippen LogP contribution in [0.5, 0.6) is 5.75 Å². The van der Waals surface area contributed by atoms with E-state index >= 15 is 0 Å². The van der Waals surface area contributed by atoms with Crippen molar-refractivity contribution in [1.82, 2.24) is 4.90 Å². The Balaban J connectivity index is 2.61. The summed E-state index contributed by atoms with van der Waals surface area (Å²) in [6.45, 7) is 29.2. The van der Waals surface area contributed by atoms with Crippen LogP contribution >= 0.6 is 0 Å². The van der Waals surface area contributed by atoms with Crippen LogP contribution in [0.2, 0.25) is 0 Å². The average molecular weight is 643 g/mol. The van der Waals surface area contributed by atoms with E-state index < -0.39 is 0 Å². The van der Waals surface area contributed by atoms with Crippen molar-refractivity contribution in [2.24, 2.45) is 22.7 Å². The van der Waals surface area contributed by atoms with E-state index in [1.807, 2.05) is 0 Å². The highest BCUT2D eigenvalue weighted by molar-refractivity contribution is 6.00. The first-order valence-electron chi connectivity index (χ1n) is 19.0. The van der Waals surface area contributed by atoms with Crippen molar-refractivity contribution in [3.63, 3.8) is 0 Å². The van der Waals surface area contributed by atoms with Crippen molar-refractivity contribution in [3.05, 3.63) is 81.8 Å². The van der Waals surface area contributed by atoms with Gasteiger partial charge in [0, 0.05) is 30.1 Å². The van der Waals surface area contributed by atoms with Crippen LogP contribution in [0, 0.1) is 24.7 Å². The number of ether oxygens (including phenoxy) is 1. The molecule has 0 spiro atoms. The van der Waals surface area contributed by atoms with Crippen molar-refractivity contribution in [1.29, 1.82) is 0 Å². The molecule has 1 saturated carbocycles. The summed E-state index contributed by atoms with van der Waals surface area (Å²) in [5, 5.41) is 0. The largest absolute Gasteiger partial charge is 0.462 e. The van der Waals surface area contributed by atoms with Gasteiger partial charge >= 0.3 is 0 Å². The van der Waals surface area contributed by atoms with E-state index in [1.165, 1.54) is 68.2 Å². The van der Waals surface area contributed by atoms with Crippen molar-refractivity contribution < 1.29 is 4.74 Å². The Hall–Kier alpha value is -2.81. The van der Waals surface area contributed by atoms with Gasteiger partial charge < -0.3 is 9.64 Å². The monoisotopic (exact) mass is 643 g/mol. The summed E-state index contributed by atoms with van der Waals surface area (Å²) in [6, 6.07) is 6.59. The Morgan fingerprint density at radius 2 is 1.68 bits per heavy atom. The molecule has 1 aromatic carbocycles. The van der Waals surface area contributed by atoms with E-state index in [9.17, 15) is 0 Å². The van der Waals surface area contributed by atoms with E-state index in [0.717, 1.165) is 65.9 Å². The van der Waals surface area contributed by atoms with Crippen molar-refractivity contribution in [2.75, 3.05) is 13.1 Å². The van der Waals surface area contributed by atoms with E-state index in [-0.39, 0.29) is 0 Å². The zero-order valence-electron chi connectivity index (χ0n) is 32.6. The molecule has 1 aliphatic carbocycles. The summed E-state index contributed by atoms with van der Waals surface area (Å²) < 4.78 is 6.44. The summed E-state index contributed by atoms with van der Waals surface area (Å²) in [6.07, 6.45) is 21.3. The maximum Gasteiger partial charge on any atom is 0.130 e. The van der Waals surface area contributed by atoms with Gasteiger partial charge in [-0.05, 0) is 138 Å². The second-order valence-electron chi connectivity index (χ2n) is 14.3. The molecule has 2 unspecified atom stereocenters. The lowest BCUT2D eigenvalue weighted by atomic mass is 9.88. The second-order valence-corrected chi connectivity index (χ2v) is 14.3. The van der Waals surface area contributed by atoms with E-state index in [1.54, 1.807) is 5.57 Å². The molecule has 3 heteroatoms. The fourth-order valence-electron chi connectivity index (χ4n) is 5.75. The van der Waals surface area contributed by atoms with Gasteiger partial charge in [0.2, 0.25) is 0 Å². The van der Waals surface area contributed by atoms with Gasteiger partial charge in [-0.15, -0.1) is 0 Å². The fraction of sp³-hybridized carbons (Fsp3) is 0.614. The van der Waals surface area contributed by atoms with Crippen LogP contribution in [0.1, 0.15) is 151 Å². The van der Waals surface area contributed by atoms with Gasteiger partial charge in [0.1, 0.15) is 5.75 Å². The number of rotatable bonds is 20.